The second-order valence-electron chi connectivity index (χ2n) is 13.5. The standard InChI is InChI=1S/C40H52O6Si/c1-40(2,3)47(4,5)46-31-37(43-27-33-20-12-7-13-21-33)39(45-29-35-24-16-9-17-25-35)38(44-28-34-22-14-8-15-23-34)36(41)30-42-26-32-18-10-6-11-19-32/h6-25,36-39,41H,26-31H2,1-5H3/t36-,37+,38+,39-/m1/s1. The van der Waals surface area contributed by atoms with Gasteiger partial charge in [-0.25, -0.2) is 0 Å². The van der Waals surface area contributed by atoms with E-state index in [2.05, 4.69) is 33.9 Å². The highest BCUT2D eigenvalue weighted by molar-refractivity contribution is 6.74. The average Bonchev–Trinajstić information content (AvgIpc) is 3.08. The molecule has 0 aliphatic heterocycles. The number of hydrogen-bond donors (Lipinski definition) is 1. The van der Waals surface area contributed by atoms with Gasteiger partial charge in [-0.2, -0.15) is 0 Å². The summed E-state index contributed by atoms with van der Waals surface area (Å²) >= 11 is 0. The first-order chi connectivity index (χ1) is 22.6. The minimum Gasteiger partial charge on any atom is -0.414 e. The molecule has 6 nitrogen and oxygen atoms in total. The molecule has 0 fully saturated rings. The summed E-state index contributed by atoms with van der Waals surface area (Å²) in [6, 6.07) is 40.0. The van der Waals surface area contributed by atoms with Gasteiger partial charge in [0.25, 0.3) is 0 Å². The lowest BCUT2D eigenvalue weighted by atomic mass is 10.0. The lowest BCUT2D eigenvalue weighted by molar-refractivity contribution is -0.192. The van der Waals surface area contributed by atoms with Gasteiger partial charge in [-0.3, -0.25) is 0 Å². The molecule has 0 spiro atoms. The zero-order valence-electron chi connectivity index (χ0n) is 28.6. The first kappa shape index (κ1) is 36.7. The van der Waals surface area contributed by atoms with Crippen LogP contribution in [0.2, 0.25) is 18.1 Å². The molecule has 4 atom stereocenters. The predicted octanol–water partition coefficient (Wildman–Crippen LogP) is 8.34. The first-order valence-corrected chi connectivity index (χ1v) is 19.4. The van der Waals surface area contributed by atoms with E-state index in [9.17, 15) is 5.11 Å². The van der Waals surface area contributed by atoms with Crippen molar-refractivity contribution in [2.45, 2.75) is 89.7 Å². The van der Waals surface area contributed by atoms with Gasteiger partial charge in [-0.1, -0.05) is 142 Å². The van der Waals surface area contributed by atoms with Crippen molar-refractivity contribution in [2.75, 3.05) is 13.2 Å². The van der Waals surface area contributed by atoms with E-state index >= 15 is 0 Å². The smallest absolute Gasteiger partial charge is 0.192 e. The molecule has 4 aromatic rings. The molecule has 0 radical (unpaired) electrons. The van der Waals surface area contributed by atoms with Gasteiger partial charge in [0.2, 0.25) is 0 Å². The van der Waals surface area contributed by atoms with E-state index in [1.165, 1.54) is 0 Å². The Kier molecular flexibility index (Phi) is 14.4. The summed E-state index contributed by atoms with van der Waals surface area (Å²) in [5, 5.41) is 11.8. The molecule has 0 amide bonds. The van der Waals surface area contributed by atoms with Crippen LogP contribution in [-0.4, -0.2) is 51.1 Å². The number of aliphatic hydroxyl groups is 1. The van der Waals surface area contributed by atoms with Crippen molar-refractivity contribution in [2.24, 2.45) is 0 Å². The molecular formula is C40H52O6Si. The Hall–Kier alpha value is -3.14. The summed E-state index contributed by atoms with van der Waals surface area (Å²) in [5.74, 6) is 0. The zero-order valence-corrected chi connectivity index (χ0v) is 29.6. The Labute approximate surface area is 282 Å². The average molecular weight is 657 g/mol. The quantitative estimate of drug-likeness (QED) is 0.102. The number of benzene rings is 4. The third-order valence-electron chi connectivity index (χ3n) is 8.76. The molecule has 47 heavy (non-hydrogen) atoms. The van der Waals surface area contributed by atoms with E-state index < -0.39 is 32.7 Å². The van der Waals surface area contributed by atoms with E-state index in [0.29, 0.717) is 33.0 Å². The van der Waals surface area contributed by atoms with Crippen molar-refractivity contribution < 1.29 is 28.5 Å². The molecular weight excluding hydrogens is 605 g/mol. The van der Waals surface area contributed by atoms with E-state index in [4.69, 9.17) is 23.4 Å². The van der Waals surface area contributed by atoms with Crippen LogP contribution in [0, 0.1) is 0 Å². The van der Waals surface area contributed by atoms with Gasteiger partial charge >= 0.3 is 0 Å². The Balaban J connectivity index is 1.65. The molecule has 0 saturated carbocycles. The maximum Gasteiger partial charge on any atom is 0.192 e. The van der Waals surface area contributed by atoms with Crippen molar-refractivity contribution >= 4 is 8.32 Å². The van der Waals surface area contributed by atoms with Crippen LogP contribution >= 0.6 is 0 Å². The maximum atomic E-state index is 11.8. The number of ether oxygens (including phenoxy) is 4. The van der Waals surface area contributed by atoms with Gasteiger partial charge in [-0.15, -0.1) is 0 Å². The molecule has 4 aromatic carbocycles. The highest BCUT2D eigenvalue weighted by Gasteiger charge is 2.41. The third kappa shape index (κ3) is 12.1. The summed E-state index contributed by atoms with van der Waals surface area (Å²) in [6.45, 7) is 12.9. The van der Waals surface area contributed by atoms with E-state index in [-0.39, 0.29) is 11.6 Å². The molecule has 7 heteroatoms. The summed E-state index contributed by atoms with van der Waals surface area (Å²) < 4.78 is 32.8. The van der Waals surface area contributed by atoms with Crippen molar-refractivity contribution in [1.82, 2.24) is 0 Å². The number of aliphatic hydroxyl groups excluding tert-OH is 1. The molecule has 252 valence electrons. The van der Waals surface area contributed by atoms with Crippen molar-refractivity contribution in [3.05, 3.63) is 144 Å². The van der Waals surface area contributed by atoms with Crippen LogP contribution in [0.1, 0.15) is 43.0 Å². The minimum atomic E-state index is -2.16. The fraction of sp³-hybridized carbons (Fsp3) is 0.400. The van der Waals surface area contributed by atoms with E-state index in [1.54, 1.807) is 0 Å². The summed E-state index contributed by atoms with van der Waals surface area (Å²) in [7, 11) is -2.16. The topological polar surface area (TPSA) is 66.4 Å². The molecule has 0 bridgehead atoms. The van der Waals surface area contributed by atoms with Gasteiger partial charge in [0, 0.05) is 0 Å². The molecule has 0 unspecified atom stereocenters. The Morgan fingerprint density at radius 3 is 1.34 bits per heavy atom. The van der Waals surface area contributed by atoms with Gasteiger partial charge in [0.15, 0.2) is 8.32 Å². The van der Waals surface area contributed by atoms with Gasteiger partial charge in [0.05, 0.1) is 39.6 Å². The van der Waals surface area contributed by atoms with Crippen LogP contribution < -0.4 is 0 Å². The van der Waals surface area contributed by atoms with Crippen molar-refractivity contribution in [3.8, 4) is 0 Å². The monoisotopic (exact) mass is 656 g/mol. The molecule has 0 saturated heterocycles. The second kappa shape index (κ2) is 18.4. The molecule has 0 aromatic heterocycles. The molecule has 4 rings (SSSR count). The SMILES string of the molecule is CC(C)(C)[Si](C)(C)OC[C@H](OCc1ccccc1)[C@@H](OCc1ccccc1)[C@@H](OCc1ccccc1)[C@H](O)COCc1ccccc1. The molecule has 0 aliphatic rings. The van der Waals surface area contributed by atoms with Gasteiger partial charge < -0.3 is 28.5 Å². The Bertz CT molecular complexity index is 1400. The van der Waals surface area contributed by atoms with Crippen LogP contribution in [0.3, 0.4) is 0 Å². The van der Waals surface area contributed by atoms with E-state index in [0.717, 1.165) is 22.3 Å². The summed E-state index contributed by atoms with van der Waals surface area (Å²) in [6.07, 6.45) is -3.00. The van der Waals surface area contributed by atoms with Crippen LogP contribution in [-0.2, 0) is 49.8 Å². The summed E-state index contributed by atoms with van der Waals surface area (Å²) in [5.41, 5.74) is 4.09. The zero-order chi connectivity index (χ0) is 33.5. The second-order valence-corrected chi connectivity index (χ2v) is 18.3. The van der Waals surface area contributed by atoms with Crippen LogP contribution in [0.25, 0.3) is 0 Å². The highest BCUT2D eigenvalue weighted by atomic mass is 28.4. The molecule has 0 heterocycles. The fourth-order valence-corrected chi connectivity index (χ4v) is 5.87. The first-order valence-electron chi connectivity index (χ1n) is 16.5. The van der Waals surface area contributed by atoms with Crippen LogP contribution in [0.4, 0.5) is 0 Å². The lowest BCUT2D eigenvalue weighted by Gasteiger charge is -2.40. The van der Waals surface area contributed by atoms with Crippen LogP contribution in [0.5, 0.6) is 0 Å². The van der Waals surface area contributed by atoms with Gasteiger partial charge in [0.1, 0.15) is 24.4 Å². The molecule has 0 aliphatic carbocycles. The largest absolute Gasteiger partial charge is 0.414 e. The number of rotatable bonds is 19. The lowest BCUT2D eigenvalue weighted by Crippen LogP contribution is -2.53. The Morgan fingerprint density at radius 1 is 0.532 bits per heavy atom. The number of hydrogen-bond acceptors (Lipinski definition) is 6. The van der Waals surface area contributed by atoms with Crippen molar-refractivity contribution in [3.63, 3.8) is 0 Å². The predicted molar refractivity (Wildman–Crippen MR) is 190 cm³/mol. The van der Waals surface area contributed by atoms with Crippen molar-refractivity contribution in [1.29, 1.82) is 0 Å². The maximum absolute atomic E-state index is 11.8. The summed E-state index contributed by atoms with van der Waals surface area (Å²) in [4.78, 5) is 0. The van der Waals surface area contributed by atoms with Crippen LogP contribution in [0.15, 0.2) is 121 Å². The Morgan fingerprint density at radius 2 is 0.915 bits per heavy atom. The molecule has 1 N–H and O–H groups in total. The van der Waals surface area contributed by atoms with E-state index in [1.807, 2.05) is 121 Å². The minimum absolute atomic E-state index is 0.00533. The fourth-order valence-electron chi connectivity index (χ4n) is 4.86. The van der Waals surface area contributed by atoms with Gasteiger partial charge in [-0.05, 0) is 40.4 Å². The highest BCUT2D eigenvalue weighted by Crippen LogP contribution is 2.37. The normalized spacial score (nSPS) is 14.8. The third-order valence-corrected chi connectivity index (χ3v) is 13.3.